The summed E-state index contributed by atoms with van der Waals surface area (Å²) in [6.45, 7) is 0. The second-order valence-corrected chi connectivity index (χ2v) is 4.26. The van der Waals surface area contributed by atoms with Crippen molar-refractivity contribution in [3.63, 3.8) is 0 Å². The van der Waals surface area contributed by atoms with E-state index in [9.17, 15) is 14.7 Å². The lowest BCUT2D eigenvalue weighted by Crippen LogP contribution is -2.19. The van der Waals surface area contributed by atoms with Gasteiger partial charge in [-0.2, -0.15) is 0 Å². The second kappa shape index (κ2) is 5.88. The van der Waals surface area contributed by atoms with Crippen molar-refractivity contribution in [2.24, 2.45) is 5.73 Å². The summed E-state index contributed by atoms with van der Waals surface area (Å²) in [5, 5.41) is 12.2. The van der Waals surface area contributed by atoms with E-state index in [-0.39, 0.29) is 23.6 Å². The molecule has 102 valence electrons. The Balaban J connectivity index is 2.13. The molecule has 2 amide bonds. The van der Waals surface area contributed by atoms with Crippen molar-refractivity contribution in [1.82, 2.24) is 0 Å². The van der Waals surface area contributed by atoms with Gasteiger partial charge in [0.1, 0.15) is 5.75 Å². The molecule has 5 nitrogen and oxygen atoms in total. The number of carbonyl (C=O) groups excluding carboxylic acids is 2. The third-order valence-electron chi connectivity index (χ3n) is 2.81. The Morgan fingerprint density at radius 3 is 2.40 bits per heavy atom. The standard InChI is InChI=1S/C15H14N2O3/c16-15(20)11-6-2-3-7-12(11)17-14(19)9-10-5-1-4-8-13(10)18/h1-8,18H,9H2,(H2,16,20)(H,17,19). The summed E-state index contributed by atoms with van der Waals surface area (Å²) in [5.41, 5.74) is 6.36. The summed E-state index contributed by atoms with van der Waals surface area (Å²) in [7, 11) is 0. The van der Waals surface area contributed by atoms with Gasteiger partial charge < -0.3 is 16.2 Å². The molecule has 0 saturated carbocycles. The summed E-state index contributed by atoms with van der Waals surface area (Å²) in [4.78, 5) is 23.2. The Morgan fingerprint density at radius 1 is 1.05 bits per heavy atom. The highest BCUT2D eigenvalue weighted by Crippen LogP contribution is 2.18. The third kappa shape index (κ3) is 3.14. The number of nitrogens with one attached hydrogen (secondary N) is 1. The Morgan fingerprint density at radius 2 is 1.70 bits per heavy atom. The van der Waals surface area contributed by atoms with Crippen LogP contribution in [0.2, 0.25) is 0 Å². The fraction of sp³-hybridized carbons (Fsp3) is 0.0667. The van der Waals surface area contributed by atoms with E-state index in [4.69, 9.17) is 5.73 Å². The van der Waals surface area contributed by atoms with Gasteiger partial charge in [0.05, 0.1) is 17.7 Å². The number of aromatic hydroxyl groups is 1. The molecule has 0 atom stereocenters. The number of nitrogens with two attached hydrogens (primary N) is 1. The molecular weight excluding hydrogens is 256 g/mol. The van der Waals surface area contributed by atoms with Gasteiger partial charge in [-0.1, -0.05) is 30.3 Å². The van der Waals surface area contributed by atoms with E-state index in [1.165, 1.54) is 12.1 Å². The van der Waals surface area contributed by atoms with Crippen molar-refractivity contribution in [2.75, 3.05) is 5.32 Å². The van der Waals surface area contributed by atoms with Crippen LogP contribution in [0.3, 0.4) is 0 Å². The maximum absolute atomic E-state index is 11.9. The van der Waals surface area contributed by atoms with E-state index in [1.807, 2.05) is 0 Å². The average molecular weight is 270 g/mol. The summed E-state index contributed by atoms with van der Waals surface area (Å²) < 4.78 is 0. The molecule has 4 N–H and O–H groups in total. The van der Waals surface area contributed by atoms with E-state index < -0.39 is 5.91 Å². The molecule has 2 aromatic rings. The minimum absolute atomic E-state index is 0.0137. The van der Waals surface area contributed by atoms with Crippen LogP contribution in [0, 0.1) is 0 Å². The van der Waals surface area contributed by atoms with E-state index in [2.05, 4.69) is 5.32 Å². The number of primary amides is 1. The van der Waals surface area contributed by atoms with E-state index in [0.717, 1.165) is 0 Å². The number of anilines is 1. The van der Waals surface area contributed by atoms with Gasteiger partial charge in [-0.05, 0) is 18.2 Å². The van der Waals surface area contributed by atoms with Gasteiger partial charge in [-0.25, -0.2) is 0 Å². The first-order valence-electron chi connectivity index (χ1n) is 6.03. The molecule has 0 aliphatic rings. The quantitative estimate of drug-likeness (QED) is 0.789. The van der Waals surface area contributed by atoms with Gasteiger partial charge >= 0.3 is 0 Å². The molecule has 0 aliphatic heterocycles. The lowest BCUT2D eigenvalue weighted by molar-refractivity contribution is -0.115. The second-order valence-electron chi connectivity index (χ2n) is 4.26. The Labute approximate surface area is 116 Å². The molecule has 0 aliphatic carbocycles. The highest BCUT2D eigenvalue weighted by molar-refractivity contribution is 6.03. The fourth-order valence-electron chi connectivity index (χ4n) is 1.83. The van der Waals surface area contributed by atoms with E-state index in [0.29, 0.717) is 11.3 Å². The largest absolute Gasteiger partial charge is 0.508 e. The van der Waals surface area contributed by atoms with Crippen LogP contribution in [-0.2, 0) is 11.2 Å². The van der Waals surface area contributed by atoms with Crippen LogP contribution in [0.25, 0.3) is 0 Å². The van der Waals surface area contributed by atoms with E-state index >= 15 is 0 Å². The zero-order valence-corrected chi connectivity index (χ0v) is 10.7. The molecule has 0 heterocycles. The SMILES string of the molecule is NC(=O)c1ccccc1NC(=O)Cc1ccccc1O. The van der Waals surface area contributed by atoms with Gasteiger partial charge in [-0.15, -0.1) is 0 Å². The highest BCUT2D eigenvalue weighted by Gasteiger charge is 2.11. The Hall–Kier alpha value is -2.82. The smallest absolute Gasteiger partial charge is 0.250 e. The number of phenolic OH excluding ortho intramolecular Hbond substituents is 1. The number of phenols is 1. The number of hydrogen-bond acceptors (Lipinski definition) is 3. The number of benzene rings is 2. The number of para-hydroxylation sites is 2. The first kappa shape index (κ1) is 13.6. The minimum Gasteiger partial charge on any atom is -0.508 e. The van der Waals surface area contributed by atoms with Crippen molar-refractivity contribution in [3.8, 4) is 5.75 Å². The number of hydrogen-bond donors (Lipinski definition) is 3. The molecule has 0 saturated heterocycles. The Kier molecular flexibility index (Phi) is 4.00. The van der Waals surface area contributed by atoms with Gasteiger partial charge in [0.15, 0.2) is 0 Å². The van der Waals surface area contributed by atoms with Crippen molar-refractivity contribution in [3.05, 3.63) is 59.7 Å². The molecular formula is C15H14N2O3. The maximum Gasteiger partial charge on any atom is 0.250 e. The Bertz CT molecular complexity index is 653. The van der Waals surface area contributed by atoms with Gasteiger partial charge in [-0.3, -0.25) is 9.59 Å². The molecule has 2 rings (SSSR count). The molecule has 0 aromatic heterocycles. The number of rotatable bonds is 4. The lowest BCUT2D eigenvalue weighted by Gasteiger charge is -2.09. The summed E-state index contributed by atoms with van der Waals surface area (Å²) in [6, 6.07) is 13.1. The molecule has 5 heteroatoms. The predicted octanol–water partition coefficient (Wildman–Crippen LogP) is 1.67. The highest BCUT2D eigenvalue weighted by atomic mass is 16.3. The van der Waals surface area contributed by atoms with Crippen LogP contribution in [0.1, 0.15) is 15.9 Å². The normalized spacial score (nSPS) is 10.0. The maximum atomic E-state index is 11.9. The zero-order valence-electron chi connectivity index (χ0n) is 10.7. The first-order valence-corrected chi connectivity index (χ1v) is 6.03. The summed E-state index contributed by atoms with van der Waals surface area (Å²) in [5.74, 6) is -0.880. The van der Waals surface area contributed by atoms with Crippen molar-refractivity contribution in [2.45, 2.75) is 6.42 Å². The average Bonchev–Trinajstić information content (AvgIpc) is 2.41. The van der Waals surface area contributed by atoms with Crippen LogP contribution in [0.5, 0.6) is 5.75 Å². The van der Waals surface area contributed by atoms with Crippen LogP contribution >= 0.6 is 0 Å². The third-order valence-corrected chi connectivity index (χ3v) is 2.81. The van der Waals surface area contributed by atoms with Gasteiger partial charge in [0.25, 0.3) is 5.91 Å². The molecule has 2 aromatic carbocycles. The van der Waals surface area contributed by atoms with Crippen LogP contribution < -0.4 is 11.1 Å². The van der Waals surface area contributed by atoms with Crippen LogP contribution in [0.4, 0.5) is 5.69 Å². The molecule has 0 unspecified atom stereocenters. The van der Waals surface area contributed by atoms with Crippen LogP contribution in [-0.4, -0.2) is 16.9 Å². The van der Waals surface area contributed by atoms with Crippen molar-refractivity contribution >= 4 is 17.5 Å². The topological polar surface area (TPSA) is 92.4 Å². The zero-order chi connectivity index (χ0) is 14.5. The first-order chi connectivity index (χ1) is 9.58. The monoisotopic (exact) mass is 270 g/mol. The predicted molar refractivity (Wildman–Crippen MR) is 75.4 cm³/mol. The molecule has 0 spiro atoms. The van der Waals surface area contributed by atoms with Gasteiger partial charge in [0, 0.05) is 5.56 Å². The summed E-state index contributed by atoms with van der Waals surface area (Å²) >= 11 is 0. The fourth-order valence-corrected chi connectivity index (χ4v) is 1.83. The molecule has 0 fully saturated rings. The van der Waals surface area contributed by atoms with E-state index in [1.54, 1.807) is 36.4 Å². The molecule has 20 heavy (non-hydrogen) atoms. The van der Waals surface area contributed by atoms with Crippen molar-refractivity contribution in [1.29, 1.82) is 0 Å². The van der Waals surface area contributed by atoms with Crippen LogP contribution in [0.15, 0.2) is 48.5 Å². The lowest BCUT2D eigenvalue weighted by atomic mass is 10.1. The number of carbonyl (C=O) groups is 2. The minimum atomic E-state index is -0.608. The number of amides is 2. The molecule has 0 radical (unpaired) electrons. The van der Waals surface area contributed by atoms with Gasteiger partial charge in [0.2, 0.25) is 5.91 Å². The molecule has 0 bridgehead atoms. The summed E-state index contributed by atoms with van der Waals surface area (Å²) in [6.07, 6.45) is 0.0137. The van der Waals surface area contributed by atoms with Crippen molar-refractivity contribution < 1.29 is 14.7 Å².